The monoisotopic (exact) mass is 375 g/mol. The predicted octanol–water partition coefficient (Wildman–Crippen LogP) is 3.22. The Balaban J connectivity index is 1.75. The van der Waals surface area contributed by atoms with Gasteiger partial charge in [-0.3, -0.25) is 15.0 Å². The minimum absolute atomic E-state index is 0.242. The van der Waals surface area contributed by atoms with E-state index in [0.29, 0.717) is 16.3 Å². The molecule has 0 unspecified atom stereocenters. The van der Waals surface area contributed by atoms with Crippen LogP contribution in [0.25, 0.3) is 0 Å². The summed E-state index contributed by atoms with van der Waals surface area (Å²) in [6.45, 7) is 0. The van der Waals surface area contributed by atoms with Crippen molar-refractivity contribution in [1.29, 1.82) is 0 Å². The number of aromatic nitrogens is 3. The fourth-order valence-corrected chi connectivity index (χ4v) is 2.54. The minimum atomic E-state index is -0.405. The second-order valence-electron chi connectivity index (χ2n) is 4.97. The highest BCUT2D eigenvalue weighted by atomic mass is 35.5. The molecule has 0 aliphatic heterocycles. The van der Waals surface area contributed by atoms with Crippen LogP contribution in [0, 0.1) is 0 Å². The Hall–Kier alpha value is -2.90. The van der Waals surface area contributed by atoms with Gasteiger partial charge in [-0.2, -0.15) is 0 Å². The van der Waals surface area contributed by atoms with E-state index >= 15 is 0 Å². The lowest BCUT2D eigenvalue weighted by molar-refractivity contribution is 0.100. The highest BCUT2D eigenvalue weighted by Crippen LogP contribution is 2.22. The number of amides is 2. The van der Waals surface area contributed by atoms with Crippen molar-refractivity contribution in [2.24, 2.45) is 0 Å². The Bertz CT molecular complexity index is 928. The molecule has 2 aromatic carbocycles. The maximum atomic E-state index is 12.3. The van der Waals surface area contributed by atoms with Crippen LogP contribution in [-0.4, -0.2) is 26.7 Å². The molecule has 7 nitrogen and oxygen atoms in total. The number of anilines is 1. The van der Waals surface area contributed by atoms with Crippen molar-refractivity contribution in [3.63, 3.8) is 0 Å². The third-order valence-electron chi connectivity index (χ3n) is 3.21. The standard InChI is InChI=1S/C16H11Cl2N5O2/c17-11-4-5-13(14(18)7-11)16(25)21-12-3-1-2-10(6-12)15(24)22-23-8-19-20-9-23/h1-9H,(H,21,25)(H,22,24). The van der Waals surface area contributed by atoms with E-state index in [-0.39, 0.29) is 16.5 Å². The van der Waals surface area contributed by atoms with Gasteiger partial charge in [-0.25, -0.2) is 4.68 Å². The summed E-state index contributed by atoms with van der Waals surface area (Å²) in [6, 6.07) is 11.1. The molecule has 3 aromatic rings. The first kappa shape index (κ1) is 16.9. The lowest BCUT2D eigenvalue weighted by Gasteiger charge is -2.09. The van der Waals surface area contributed by atoms with E-state index in [1.54, 1.807) is 30.3 Å². The Labute approximate surface area is 152 Å². The summed E-state index contributed by atoms with van der Waals surface area (Å²) < 4.78 is 1.32. The van der Waals surface area contributed by atoms with Gasteiger partial charge in [-0.15, -0.1) is 10.2 Å². The second-order valence-corrected chi connectivity index (χ2v) is 5.81. The molecule has 126 valence electrons. The minimum Gasteiger partial charge on any atom is -0.322 e. The van der Waals surface area contributed by atoms with Crippen molar-refractivity contribution in [3.05, 3.63) is 76.3 Å². The molecule has 0 aliphatic carbocycles. The molecule has 9 heteroatoms. The van der Waals surface area contributed by atoms with E-state index in [2.05, 4.69) is 20.9 Å². The van der Waals surface area contributed by atoms with Crippen LogP contribution in [0.2, 0.25) is 10.0 Å². The van der Waals surface area contributed by atoms with Crippen LogP contribution in [0.4, 0.5) is 5.69 Å². The molecule has 0 bridgehead atoms. The second kappa shape index (κ2) is 7.33. The van der Waals surface area contributed by atoms with Gasteiger partial charge in [0.25, 0.3) is 11.8 Å². The van der Waals surface area contributed by atoms with Crippen molar-refractivity contribution in [3.8, 4) is 0 Å². The molecular formula is C16H11Cl2N5O2. The first-order valence-corrected chi connectivity index (χ1v) is 7.81. The van der Waals surface area contributed by atoms with E-state index in [1.807, 2.05) is 0 Å². The van der Waals surface area contributed by atoms with Gasteiger partial charge in [-0.1, -0.05) is 29.3 Å². The van der Waals surface area contributed by atoms with E-state index in [1.165, 1.54) is 29.5 Å². The number of nitrogens with one attached hydrogen (secondary N) is 2. The third kappa shape index (κ3) is 4.14. The third-order valence-corrected chi connectivity index (χ3v) is 3.76. The van der Waals surface area contributed by atoms with Crippen molar-refractivity contribution in [2.75, 3.05) is 10.7 Å². The normalized spacial score (nSPS) is 10.3. The quantitative estimate of drug-likeness (QED) is 0.732. The van der Waals surface area contributed by atoms with Gasteiger partial charge in [0.2, 0.25) is 0 Å². The van der Waals surface area contributed by atoms with Gasteiger partial charge in [0.05, 0.1) is 10.6 Å². The highest BCUT2D eigenvalue weighted by Gasteiger charge is 2.12. The highest BCUT2D eigenvalue weighted by molar-refractivity contribution is 6.37. The van der Waals surface area contributed by atoms with Crippen LogP contribution in [0.1, 0.15) is 20.7 Å². The molecule has 0 fully saturated rings. The number of rotatable bonds is 4. The molecule has 3 rings (SSSR count). The van der Waals surface area contributed by atoms with Crippen LogP contribution in [0.15, 0.2) is 55.1 Å². The van der Waals surface area contributed by atoms with Crippen LogP contribution in [0.3, 0.4) is 0 Å². The fraction of sp³-hybridized carbons (Fsp3) is 0. The first-order chi connectivity index (χ1) is 12.0. The van der Waals surface area contributed by atoms with Crippen LogP contribution in [0.5, 0.6) is 0 Å². The molecule has 1 aromatic heterocycles. The van der Waals surface area contributed by atoms with Gasteiger partial charge in [0.15, 0.2) is 0 Å². The number of hydrogen-bond donors (Lipinski definition) is 2. The first-order valence-electron chi connectivity index (χ1n) is 7.05. The molecule has 25 heavy (non-hydrogen) atoms. The van der Waals surface area contributed by atoms with Crippen molar-refractivity contribution in [2.45, 2.75) is 0 Å². The molecule has 0 saturated heterocycles. The molecule has 2 N–H and O–H groups in total. The van der Waals surface area contributed by atoms with Gasteiger partial charge in [0.1, 0.15) is 12.7 Å². The summed E-state index contributed by atoms with van der Waals surface area (Å²) in [6.07, 6.45) is 2.71. The average molecular weight is 376 g/mol. The largest absolute Gasteiger partial charge is 0.322 e. The zero-order valence-electron chi connectivity index (χ0n) is 12.6. The zero-order valence-corrected chi connectivity index (χ0v) is 14.1. The molecule has 1 heterocycles. The topological polar surface area (TPSA) is 88.9 Å². The average Bonchev–Trinajstić information content (AvgIpc) is 3.08. The SMILES string of the molecule is O=C(Nn1cnnc1)c1cccc(NC(=O)c2ccc(Cl)cc2Cl)c1. The fourth-order valence-electron chi connectivity index (χ4n) is 2.05. The Morgan fingerprint density at radius 2 is 1.72 bits per heavy atom. The van der Waals surface area contributed by atoms with Crippen LogP contribution >= 0.6 is 23.2 Å². The molecular weight excluding hydrogens is 365 g/mol. The molecule has 0 atom stereocenters. The Morgan fingerprint density at radius 3 is 2.44 bits per heavy atom. The summed E-state index contributed by atoms with van der Waals surface area (Å²) >= 11 is 11.9. The lowest BCUT2D eigenvalue weighted by atomic mass is 10.1. The van der Waals surface area contributed by atoms with Gasteiger partial charge in [-0.05, 0) is 36.4 Å². The maximum absolute atomic E-state index is 12.3. The Kier molecular flexibility index (Phi) is 4.97. The van der Waals surface area contributed by atoms with Crippen LogP contribution in [-0.2, 0) is 0 Å². The van der Waals surface area contributed by atoms with Crippen molar-refractivity contribution in [1.82, 2.24) is 14.9 Å². The number of halogens is 2. The van der Waals surface area contributed by atoms with Crippen molar-refractivity contribution < 1.29 is 9.59 Å². The van der Waals surface area contributed by atoms with Gasteiger partial charge < -0.3 is 5.32 Å². The van der Waals surface area contributed by atoms with Gasteiger partial charge >= 0.3 is 0 Å². The van der Waals surface area contributed by atoms with Crippen LogP contribution < -0.4 is 10.7 Å². The summed E-state index contributed by atoms with van der Waals surface area (Å²) in [5, 5.41) is 10.6. The lowest BCUT2D eigenvalue weighted by Crippen LogP contribution is -2.21. The molecule has 0 spiro atoms. The smallest absolute Gasteiger partial charge is 0.270 e. The van der Waals surface area contributed by atoms with Gasteiger partial charge in [0, 0.05) is 16.3 Å². The molecule has 2 amide bonds. The Morgan fingerprint density at radius 1 is 0.960 bits per heavy atom. The van der Waals surface area contributed by atoms with E-state index < -0.39 is 5.91 Å². The summed E-state index contributed by atoms with van der Waals surface area (Å²) in [5.74, 6) is -0.779. The number of hydrogen-bond acceptors (Lipinski definition) is 4. The molecule has 0 aliphatic rings. The molecule has 0 saturated carbocycles. The summed E-state index contributed by atoms with van der Waals surface area (Å²) in [7, 11) is 0. The molecule has 0 radical (unpaired) electrons. The maximum Gasteiger partial charge on any atom is 0.270 e. The number of benzene rings is 2. The van der Waals surface area contributed by atoms with E-state index in [4.69, 9.17) is 23.2 Å². The van der Waals surface area contributed by atoms with E-state index in [9.17, 15) is 9.59 Å². The number of carbonyl (C=O) groups excluding carboxylic acids is 2. The van der Waals surface area contributed by atoms with E-state index in [0.717, 1.165) is 0 Å². The zero-order chi connectivity index (χ0) is 17.8. The number of nitrogens with zero attached hydrogens (tertiary/aromatic N) is 3. The van der Waals surface area contributed by atoms with Crippen molar-refractivity contribution >= 4 is 40.7 Å². The number of carbonyl (C=O) groups is 2. The summed E-state index contributed by atoms with van der Waals surface area (Å²) in [4.78, 5) is 24.5. The predicted molar refractivity (Wildman–Crippen MR) is 94.6 cm³/mol. The summed E-state index contributed by atoms with van der Waals surface area (Å²) in [5.41, 5.74) is 3.66.